The zero-order valence-corrected chi connectivity index (χ0v) is 6.63. The molecule has 1 aromatic rings. The molecule has 1 rings (SSSR count). The lowest BCUT2D eigenvalue weighted by molar-refractivity contribution is -0.385. The van der Waals surface area contributed by atoms with E-state index >= 15 is 0 Å². The van der Waals surface area contributed by atoms with Gasteiger partial charge in [0.15, 0.2) is 0 Å². The average Bonchev–Trinajstić information content (AvgIpc) is 1.85. The van der Waals surface area contributed by atoms with Crippen molar-refractivity contribution < 1.29 is 4.92 Å². The zero-order chi connectivity index (χ0) is 8.43. The zero-order valence-electron chi connectivity index (χ0n) is 5.87. The number of benzene rings is 1. The van der Waals surface area contributed by atoms with E-state index in [4.69, 9.17) is 11.6 Å². The highest BCUT2D eigenvalue weighted by Crippen LogP contribution is 2.26. The molecule has 0 aliphatic rings. The van der Waals surface area contributed by atoms with Gasteiger partial charge in [-0.05, 0) is 13.0 Å². The fraction of sp³-hybridized carbons (Fsp3) is 0.143. The monoisotopic (exact) mass is 171 g/mol. The van der Waals surface area contributed by atoms with Gasteiger partial charge in [-0.1, -0.05) is 23.7 Å². The number of nitro groups is 1. The first-order valence-electron chi connectivity index (χ1n) is 3.02. The molecule has 0 fully saturated rings. The summed E-state index contributed by atoms with van der Waals surface area (Å²) in [6.45, 7) is 1.66. The molecule has 58 valence electrons. The maximum atomic E-state index is 10.4. The summed E-state index contributed by atoms with van der Waals surface area (Å²) >= 11 is 5.58. The third kappa shape index (κ3) is 1.49. The molecule has 0 radical (unpaired) electrons. The summed E-state index contributed by atoms with van der Waals surface area (Å²) in [6.07, 6.45) is 0. The highest BCUT2D eigenvalue weighted by Gasteiger charge is 2.13. The molecule has 0 atom stereocenters. The van der Waals surface area contributed by atoms with Crippen LogP contribution in [0.15, 0.2) is 18.2 Å². The maximum absolute atomic E-state index is 10.4. The van der Waals surface area contributed by atoms with Crippen molar-refractivity contribution in [1.82, 2.24) is 0 Å². The Morgan fingerprint density at radius 3 is 2.55 bits per heavy atom. The molecule has 0 spiro atoms. The van der Waals surface area contributed by atoms with E-state index < -0.39 is 4.92 Å². The van der Waals surface area contributed by atoms with Gasteiger partial charge in [-0.2, -0.15) is 0 Å². The van der Waals surface area contributed by atoms with Gasteiger partial charge in [-0.25, -0.2) is 0 Å². The summed E-state index contributed by atoms with van der Waals surface area (Å²) in [6, 6.07) is 4.85. The van der Waals surface area contributed by atoms with Gasteiger partial charge >= 0.3 is 0 Å². The number of rotatable bonds is 1. The van der Waals surface area contributed by atoms with E-state index in [9.17, 15) is 10.1 Å². The van der Waals surface area contributed by atoms with Crippen molar-refractivity contribution in [3.05, 3.63) is 38.9 Å². The Bertz CT molecular complexity index is 278. The lowest BCUT2D eigenvalue weighted by Gasteiger charge is -1.96. The molecule has 4 heteroatoms. The van der Waals surface area contributed by atoms with Crippen LogP contribution < -0.4 is 0 Å². The van der Waals surface area contributed by atoms with E-state index in [1.54, 1.807) is 19.1 Å². The molecule has 3 nitrogen and oxygen atoms in total. The lowest BCUT2D eigenvalue weighted by atomic mass is 10.2. The average molecular weight is 172 g/mol. The Balaban J connectivity index is 3.32. The number of nitro benzene ring substituents is 1. The van der Waals surface area contributed by atoms with Crippen molar-refractivity contribution in [3.8, 4) is 0 Å². The van der Waals surface area contributed by atoms with Crippen molar-refractivity contribution in [2.45, 2.75) is 6.92 Å². The second-order valence-electron chi connectivity index (χ2n) is 2.16. The third-order valence-electron chi connectivity index (χ3n) is 1.37. The van der Waals surface area contributed by atoms with E-state index in [0.717, 1.165) is 0 Å². The minimum atomic E-state index is -0.475. The topological polar surface area (TPSA) is 43.1 Å². The number of aryl methyl sites for hydroxylation is 1. The van der Waals surface area contributed by atoms with Crippen LogP contribution in [0, 0.1) is 17.0 Å². The van der Waals surface area contributed by atoms with Crippen molar-refractivity contribution in [2.75, 3.05) is 0 Å². The van der Waals surface area contributed by atoms with Gasteiger partial charge in [-0.15, -0.1) is 0 Å². The predicted molar refractivity (Wildman–Crippen MR) is 42.8 cm³/mol. The predicted octanol–water partition coefficient (Wildman–Crippen LogP) is 2.56. The van der Waals surface area contributed by atoms with E-state index in [-0.39, 0.29) is 10.7 Å². The van der Waals surface area contributed by atoms with Crippen molar-refractivity contribution >= 4 is 17.3 Å². The minimum absolute atomic E-state index is 0.00540. The third-order valence-corrected chi connectivity index (χ3v) is 1.68. The number of halogens is 1. The first kappa shape index (κ1) is 8.01. The fourth-order valence-electron chi connectivity index (χ4n) is 0.854. The highest BCUT2D eigenvalue weighted by molar-refractivity contribution is 6.32. The quantitative estimate of drug-likeness (QED) is 0.482. The molecule has 0 aliphatic carbocycles. The number of hydrogen-bond donors (Lipinski definition) is 0. The van der Waals surface area contributed by atoms with E-state index in [1.165, 1.54) is 6.07 Å². The second kappa shape index (κ2) is 2.88. The SMILES string of the molecule is Cc1cccc(Cl)c1[N+](=O)[O-]. The largest absolute Gasteiger partial charge is 0.290 e. The summed E-state index contributed by atoms with van der Waals surface area (Å²) < 4.78 is 0. The lowest BCUT2D eigenvalue weighted by Crippen LogP contribution is -1.91. The van der Waals surface area contributed by atoms with Gasteiger partial charge in [0.2, 0.25) is 0 Å². The fourth-order valence-corrected chi connectivity index (χ4v) is 1.15. The molecule has 0 aliphatic heterocycles. The van der Waals surface area contributed by atoms with Gasteiger partial charge in [0.1, 0.15) is 5.02 Å². The standard InChI is InChI=1S/C7H6ClNO2/c1-5-3-2-4-6(8)7(5)9(10)11/h2-4H,1H3. The van der Waals surface area contributed by atoms with Crippen LogP contribution in [0.2, 0.25) is 5.02 Å². The van der Waals surface area contributed by atoms with Crippen LogP contribution in [0.25, 0.3) is 0 Å². The van der Waals surface area contributed by atoms with Crippen LogP contribution in [0.5, 0.6) is 0 Å². The van der Waals surface area contributed by atoms with Gasteiger partial charge in [0.25, 0.3) is 5.69 Å². The molecule has 0 aromatic heterocycles. The highest BCUT2D eigenvalue weighted by atomic mass is 35.5. The Morgan fingerprint density at radius 2 is 2.18 bits per heavy atom. The molecule has 0 unspecified atom stereocenters. The number of nitrogens with zero attached hydrogens (tertiary/aromatic N) is 1. The molecular weight excluding hydrogens is 166 g/mol. The molecular formula is C7H6ClNO2. The molecule has 0 amide bonds. The van der Waals surface area contributed by atoms with Crippen LogP contribution in [-0.4, -0.2) is 4.92 Å². The normalized spacial score (nSPS) is 9.64. The summed E-state index contributed by atoms with van der Waals surface area (Å²) in [5.41, 5.74) is 0.580. The van der Waals surface area contributed by atoms with Crippen LogP contribution in [0.3, 0.4) is 0 Å². The van der Waals surface area contributed by atoms with E-state index in [2.05, 4.69) is 0 Å². The Morgan fingerprint density at radius 1 is 1.55 bits per heavy atom. The van der Waals surface area contributed by atoms with Crippen LogP contribution in [0.4, 0.5) is 5.69 Å². The second-order valence-corrected chi connectivity index (χ2v) is 2.57. The summed E-state index contributed by atoms with van der Waals surface area (Å²) in [5.74, 6) is 0. The molecule has 0 N–H and O–H groups in total. The van der Waals surface area contributed by atoms with Crippen molar-refractivity contribution in [2.24, 2.45) is 0 Å². The van der Waals surface area contributed by atoms with Crippen LogP contribution in [0.1, 0.15) is 5.56 Å². The Labute approximate surface area is 68.8 Å². The van der Waals surface area contributed by atoms with Gasteiger partial charge in [0, 0.05) is 5.56 Å². The minimum Gasteiger partial charge on any atom is -0.258 e. The molecule has 0 saturated heterocycles. The molecule has 0 saturated carbocycles. The molecule has 1 aromatic carbocycles. The van der Waals surface area contributed by atoms with Crippen molar-refractivity contribution in [3.63, 3.8) is 0 Å². The number of para-hydroxylation sites is 1. The Kier molecular flexibility index (Phi) is 2.10. The first-order valence-corrected chi connectivity index (χ1v) is 3.40. The van der Waals surface area contributed by atoms with Crippen LogP contribution >= 0.6 is 11.6 Å². The summed E-state index contributed by atoms with van der Waals surface area (Å²) in [7, 11) is 0. The maximum Gasteiger partial charge on any atom is 0.290 e. The van der Waals surface area contributed by atoms with E-state index in [0.29, 0.717) is 5.56 Å². The summed E-state index contributed by atoms with van der Waals surface area (Å²) in [5, 5.41) is 10.6. The van der Waals surface area contributed by atoms with Gasteiger partial charge in [-0.3, -0.25) is 10.1 Å². The molecule has 11 heavy (non-hydrogen) atoms. The summed E-state index contributed by atoms with van der Waals surface area (Å²) in [4.78, 5) is 9.89. The van der Waals surface area contributed by atoms with Crippen molar-refractivity contribution in [1.29, 1.82) is 0 Å². The number of hydrogen-bond acceptors (Lipinski definition) is 2. The van der Waals surface area contributed by atoms with Gasteiger partial charge < -0.3 is 0 Å². The molecule has 0 bridgehead atoms. The van der Waals surface area contributed by atoms with Crippen LogP contribution in [-0.2, 0) is 0 Å². The first-order chi connectivity index (χ1) is 5.13. The smallest absolute Gasteiger partial charge is 0.258 e. The molecule has 0 heterocycles. The van der Waals surface area contributed by atoms with Gasteiger partial charge in [0.05, 0.1) is 4.92 Å². The Hall–Kier alpha value is -1.09. The van der Waals surface area contributed by atoms with E-state index in [1.807, 2.05) is 0 Å².